The van der Waals surface area contributed by atoms with E-state index in [2.05, 4.69) is 12.1 Å². The molecule has 2 aliphatic rings. The Hall–Kier alpha value is -3.77. The van der Waals surface area contributed by atoms with Crippen molar-refractivity contribution in [1.82, 2.24) is 4.57 Å². The topological polar surface area (TPSA) is 54.6 Å². The number of aromatic hydroxyl groups is 1. The maximum Gasteiger partial charge on any atom is 0.271 e. The quantitative estimate of drug-likeness (QED) is 0.495. The fourth-order valence-electron chi connectivity index (χ4n) is 4.76. The molecule has 33 heavy (non-hydrogen) atoms. The first-order valence-corrected chi connectivity index (χ1v) is 11.6. The van der Waals surface area contributed by atoms with Gasteiger partial charge in [-0.25, -0.2) is 9.38 Å². The first-order chi connectivity index (χ1) is 16.1. The van der Waals surface area contributed by atoms with Crippen LogP contribution < -0.4 is 14.9 Å². The number of hydrogen-bond donors (Lipinski definition) is 1. The van der Waals surface area contributed by atoms with Gasteiger partial charge in [0.15, 0.2) is 4.80 Å². The molecule has 4 aromatic rings. The number of rotatable bonds is 2. The summed E-state index contributed by atoms with van der Waals surface area (Å²) < 4.78 is 16.5. The average Bonchev–Trinajstić information content (AvgIpc) is 3.12. The summed E-state index contributed by atoms with van der Waals surface area (Å²) in [7, 11) is 0. The Labute approximate surface area is 192 Å². The first-order valence-electron chi connectivity index (χ1n) is 10.8. The molecular formula is C27H19FN2O2S. The lowest BCUT2D eigenvalue weighted by Gasteiger charge is -2.30. The van der Waals surface area contributed by atoms with E-state index >= 15 is 0 Å². The Balaban J connectivity index is 1.64. The number of phenolic OH excluding ortho intramolecular Hbond substituents is 1. The molecule has 0 fully saturated rings. The zero-order chi connectivity index (χ0) is 22.5. The fraction of sp³-hybridized carbons (Fsp3) is 0.111. The van der Waals surface area contributed by atoms with Crippen molar-refractivity contribution in [2.45, 2.75) is 18.9 Å². The van der Waals surface area contributed by atoms with Crippen molar-refractivity contribution in [1.29, 1.82) is 0 Å². The molecule has 3 aromatic carbocycles. The van der Waals surface area contributed by atoms with Gasteiger partial charge in [0.25, 0.3) is 5.56 Å². The van der Waals surface area contributed by atoms with Gasteiger partial charge in [-0.15, -0.1) is 0 Å². The second-order valence-corrected chi connectivity index (χ2v) is 9.27. The summed E-state index contributed by atoms with van der Waals surface area (Å²) >= 11 is 1.31. The van der Waals surface area contributed by atoms with Gasteiger partial charge < -0.3 is 5.11 Å². The van der Waals surface area contributed by atoms with Gasteiger partial charge in [-0.05, 0) is 65.4 Å². The van der Waals surface area contributed by atoms with Crippen LogP contribution >= 0.6 is 11.3 Å². The zero-order valence-electron chi connectivity index (χ0n) is 17.5. The second-order valence-electron chi connectivity index (χ2n) is 8.26. The predicted molar refractivity (Wildman–Crippen MR) is 127 cm³/mol. The summed E-state index contributed by atoms with van der Waals surface area (Å²) in [5, 5.41) is 9.81. The highest BCUT2D eigenvalue weighted by atomic mass is 32.1. The maximum atomic E-state index is 14.2. The van der Waals surface area contributed by atoms with Crippen LogP contribution in [0.15, 0.2) is 88.2 Å². The third kappa shape index (κ3) is 3.34. The smallest absolute Gasteiger partial charge is 0.271 e. The molecule has 0 saturated carbocycles. The van der Waals surface area contributed by atoms with Crippen LogP contribution in [0.25, 0.3) is 11.8 Å². The van der Waals surface area contributed by atoms with E-state index in [1.807, 2.05) is 24.3 Å². The molecule has 1 aliphatic heterocycles. The number of halogens is 1. The van der Waals surface area contributed by atoms with Gasteiger partial charge >= 0.3 is 0 Å². The molecular weight excluding hydrogens is 435 g/mol. The van der Waals surface area contributed by atoms with Crippen LogP contribution in [0.1, 0.15) is 34.7 Å². The number of thiazole rings is 1. The highest BCUT2D eigenvalue weighted by Crippen LogP contribution is 2.41. The van der Waals surface area contributed by atoms with E-state index in [4.69, 9.17) is 4.99 Å². The number of fused-ring (bicyclic) bond motifs is 3. The average molecular weight is 455 g/mol. The van der Waals surface area contributed by atoms with Gasteiger partial charge in [-0.3, -0.25) is 9.36 Å². The molecule has 1 atom stereocenters. The lowest BCUT2D eigenvalue weighted by molar-refractivity contribution is 0.475. The van der Waals surface area contributed by atoms with E-state index in [1.165, 1.54) is 29.0 Å². The Kier molecular flexibility index (Phi) is 4.62. The standard InChI is InChI=1S/C27H19FN2O2S/c28-19-8-4-7-18(15-19)25-22-12-11-17-6-1-2-10-21(17)24(22)29-27-30(25)26(32)23(33-27)14-16-5-3-9-20(31)13-16/h1-10,13-15,25,31H,11-12H2/b23-14+. The lowest BCUT2D eigenvalue weighted by Crippen LogP contribution is -2.38. The van der Waals surface area contributed by atoms with Gasteiger partial charge in [0.2, 0.25) is 0 Å². The highest BCUT2D eigenvalue weighted by Gasteiger charge is 2.32. The lowest BCUT2D eigenvalue weighted by atomic mass is 9.83. The number of benzene rings is 3. The number of allylic oxidation sites excluding steroid dienone is 1. The van der Waals surface area contributed by atoms with E-state index in [1.54, 1.807) is 34.9 Å². The molecule has 4 nitrogen and oxygen atoms in total. The Morgan fingerprint density at radius 1 is 1.03 bits per heavy atom. The zero-order valence-corrected chi connectivity index (χ0v) is 18.3. The Morgan fingerprint density at radius 3 is 2.73 bits per heavy atom. The number of aromatic nitrogens is 1. The molecule has 0 radical (unpaired) electrons. The van der Waals surface area contributed by atoms with Crippen LogP contribution in [-0.4, -0.2) is 9.67 Å². The molecule has 2 heterocycles. The number of phenols is 1. The fourth-order valence-corrected chi connectivity index (χ4v) is 5.77. The van der Waals surface area contributed by atoms with Gasteiger partial charge in [0.1, 0.15) is 11.6 Å². The van der Waals surface area contributed by atoms with E-state index in [9.17, 15) is 14.3 Å². The van der Waals surface area contributed by atoms with Crippen molar-refractivity contribution in [3.63, 3.8) is 0 Å². The molecule has 0 amide bonds. The molecule has 0 spiro atoms. The predicted octanol–water partition coefficient (Wildman–Crippen LogP) is 4.16. The third-order valence-electron chi connectivity index (χ3n) is 6.21. The summed E-state index contributed by atoms with van der Waals surface area (Å²) in [6.07, 6.45) is 3.38. The van der Waals surface area contributed by atoms with Gasteiger partial charge in [0.05, 0.1) is 16.3 Å². The second kappa shape index (κ2) is 7.67. The van der Waals surface area contributed by atoms with Crippen molar-refractivity contribution in [2.75, 3.05) is 0 Å². The van der Waals surface area contributed by atoms with E-state index in [0.29, 0.717) is 9.33 Å². The molecule has 1 aromatic heterocycles. The monoisotopic (exact) mass is 454 g/mol. The minimum absolute atomic E-state index is 0.140. The third-order valence-corrected chi connectivity index (χ3v) is 7.19. The van der Waals surface area contributed by atoms with Crippen molar-refractivity contribution >= 4 is 23.1 Å². The van der Waals surface area contributed by atoms with Crippen molar-refractivity contribution in [2.24, 2.45) is 4.99 Å². The van der Waals surface area contributed by atoms with Crippen LogP contribution in [0, 0.1) is 5.82 Å². The molecule has 0 saturated heterocycles. The van der Waals surface area contributed by atoms with Crippen molar-refractivity contribution in [3.05, 3.63) is 126 Å². The van der Waals surface area contributed by atoms with Crippen LogP contribution in [0.4, 0.5) is 4.39 Å². The highest BCUT2D eigenvalue weighted by molar-refractivity contribution is 7.07. The van der Waals surface area contributed by atoms with Gasteiger partial charge in [0, 0.05) is 5.56 Å². The van der Waals surface area contributed by atoms with Gasteiger partial charge in [-0.1, -0.05) is 59.9 Å². The molecule has 6 rings (SSSR count). The summed E-state index contributed by atoms with van der Waals surface area (Å²) in [5.74, 6) is -0.189. The van der Waals surface area contributed by atoms with Crippen molar-refractivity contribution in [3.8, 4) is 5.75 Å². The van der Waals surface area contributed by atoms with E-state index in [0.717, 1.165) is 40.8 Å². The van der Waals surface area contributed by atoms with Crippen LogP contribution in [0.3, 0.4) is 0 Å². The Morgan fingerprint density at radius 2 is 1.88 bits per heavy atom. The van der Waals surface area contributed by atoms with Crippen LogP contribution in [0.5, 0.6) is 5.75 Å². The number of hydrogen-bond acceptors (Lipinski definition) is 4. The molecule has 1 aliphatic carbocycles. The van der Waals surface area contributed by atoms with Crippen LogP contribution in [0.2, 0.25) is 0 Å². The first kappa shape index (κ1) is 19.9. The largest absolute Gasteiger partial charge is 0.508 e. The summed E-state index contributed by atoms with van der Waals surface area (Å²) in [6, 6.07) is 21.1. The molecule has 1 unspecified atom stereocenters. The van der Waals surface area contributed by atoms with Gasteiger partial charge in [-0.2, -0.15) is 0 Å². The number of nitrogens with zero attached hydrogens (tertiary/aromatic N) is 2. The number of aryl methyl sites for hydroxylation is 1. The molecule has 6 heteroatoms. The minimum atomic E-state index is -0.411. The Bertz CT molecular complexity index is 1630. The molecule has 162 valence electrons. The van der Waals surface area contributed by atoms with Crippen LogP contribution in [-0.2, 0) is 6.42 Å². The maximum absolute atomic E-state index is 14.2. The van der Waals surface area contributed by atoms with E-state index < -0.39 is 6.04 Å². The van der Waals surface area contributed by atoms with E-state index in [-0.39, 0.29) is 17.1 Å². The normalized spacial score (nSPS) is 17.2. The summed E-state index contributed by atoms with van der Waals surface area (Å²) in [5.41, 5.74) is 5.54. The minimum Gasteiger partial charge on any atom is -0.508 e. The molecule has 0 bridgehead atoms. The summed E-state index contributed by atoms with van der Waals surface area (Å²) in [4.78, 5) is 19.1. The van der Waals surface area contributed by atoms with Crippen molar-refractivity contribution < 1.29 is 9.50 Å². The SMILES string of the molecule is O=c1/c(=C\c2cccc(O)c2)sc2n1C(c1cccc(F)c1)C1=C(N=2)c2ccccc2CC1. The summed E-state index contributed by atoms with van der Waals surface area (Å²) in [6.45, 7) is 0. The molecule has 1 N–H and O–H groups in total.